The van der Waals surface area contributed by atoms with E-state index in [1.54, 1.807) is 11.8 Å². The molecule has 2 aromatic carbocycles. The van der Waals surface area contributed by atoms with Gasteiger partial charge in [0.1, 0.15) is 0 Å². The highest BCUT2D eigenvalue weighted by Gasteiger charge is 2.24. The Morgan fingerprint density at radius 3 is 2.62 bits per heavy atom. The highest BCUT2D eigenvalue weighted by molar-refractivity contribution is 7.99. The minimum Gasteiger partial charge on any atom is -0.352 e. The second-order valence-corrected chi connectivity index (χ2v) is 10.3. The number of likely N-dealkylation sites (tertiary alicyclic amines) is 1. The number of carbonyl (C=O) groups is 1. The molecule has 5 heteroatoms. The summed E-state index contributed by atoms with van der Waals surface area (Å²) in [5, 5.41) is 3.12. The molecule has 2 heterocycles. The van der Waals surface area contributed by atoms with Crippen LogP contribution in [0, 0.1) is 6.92 Å². The van der Waals surface area contributed by atoms with Crippen LogP contribution in [0.15, 0.2) is 51.2 Å². The first-order chi connectivity index (χ1) is 15.5. The maximum absolute atomic E-state index is 12.8. The minimum absolute atomic E-state index is 0.0107. The summed E-state index contributed by atoms with van der Waals surface area (Å²) in [5.41, 5.74) is 5.11. The van der Waals surface area contributed by atoms with E-state index in [0.717, 1.165) is 35.7 Å². The van der Waals surface area contributed by atoms with Crippen LogP contribution in [0.2, 0.25) is 0 Å². The normalized spacial score (nSPS) is 20.7. The van der Waals surface area contributed by atoms with Crippen LogP contribution < -0.4 is 5.32 Å². The van der Waals surface area contributed by atoms with Gasteiger partial charge < -0.3 is 5.32 Å². The predicted octanol–water partition coefficient (Wildman–Crippen LogP) is 6.37. The molecule has 1 N–H and O–H groups in total. The summed E-state index contributed by atoms with van der Waals surface area (Å²) in [6.07, 6.45) is 5.74. The standard InChI is InChI=1S/C27H35N3OS/c1-5-23-22-16-18(2)10-12-25(22)32-26-13-11-21(17-24(26)29-23)27(31)28-14-7-15-30-19(3)8-6-9-20(30)4/h10-13,16-17,19-20H,5-9,14-15H2,1-4H3,(H,28,31)/t19-,20-/m1/s1. The van der Waals surface area contributed by atoms with Crippen molar-refractivity contribution in [2.45, 2.75) is 81.7 Å². The number of benzene rings is 2. The quantitative estimate of drug-likeness (QED) is 0.521. The molecule has 2 aliphatic heterocycles. The third kappa shape index (κ3) is 5.10. The van der Waals surface area contributed by atoms with Crippen LogP contribution in [0.25, 0.3) is 0 Å². The van der Waals surface area contributed by atoms with Crippen LogP contribution in [-0.2, 0) is 0 Å². The van der Waals surface area contributed by atoms with Gasteiger partial charge in [-0.25, -0.2) is 0 Å². The minimum atomic E-state index is -0.0107. The summed E-state index contributed by atoms with van der Waals surface area (Å²) in [5.74, 6) is -0.0107. The lowest BCUT2D eigenvalue weighted by molar-refractivity contribution is 0.0925. The number of fused-ring (bicyclic) bond motifs is 2. The summed E-state index contributed by atoms with van der Waals surface area (Å²) in [4.78, 5) is 22.7. The zero-order valence-electron chi connectivity index (χ0n) is 19.8. The first-order valence-electron chi connectivity index (χ1n) is 12.0. The topological polar surface area (TPSA) is 44.7 Å². The summed E-state index contributed by atoms with van der Waals surface area (Å²) in [6, 6.07) is 13.8. The van der Waals surface area contributed by atoms with Crippen LogP contribution in [0.4, 0.5) is 5.69 Å². The van der Waals surface area contributed by atoms with E-state index in [1.807, 2.05) is 18.2 Å². The average molecular weight is 450 g/mol. The van der Waals surface area contributed by atoms with Gasteiger partial charge in [-0.2, -0.15) is 0 Å². The molecule has 0 spiro atoms. The van der Waals surface area contributed by atoms with Crippen molar-refractivity contribution in [2.75, 3.05) is 13.1 Å². The lowest BCUT2D eigenvalue weighted by Gasteiger charge is -2.39. The van der Waals surface area contributed by atoms with Crippen LogP contribution in [-0.4, -0.2) is 41.7 Å². The summed E-state index contributed by atoms with van der Waals surface area (Å²) in [6.45, 7) is 10.7. The number of carbonyl (C=O) groups excluding carboxylic acids is 1. The van der Waals surface area contributed by atoms with E-state index in [2.05, 4.69) is 56.1 Å². The van der Waals surface area contributed by atoms with Crippen LogP contribution in [0.5, 0.6) is 0 Å². The maximum atomic E-state index is 12.8. The van der Waals surface area contributed by atoms with Gasteiger partial charge in [0.15, 0.2) is 0 Å². The van der Waals surface area contributed by atoms with Crippen molar-refractivity contribution in [3.05, 3.63) is 53.1 Å². The van der Waals surface area contributed by atoms with Gasteiger partial charge in [-0.15, -0.1) is 0 Å². The third-order valence-electron chi connectivity index (χ3n) is 6.73. The highest BCUT2D eigenvalue weighted by atomic mass is 32.2. The monoisotopic (exact) mass is 449 g/mol. The molecule has 32 heavy (non-hydrogen) atoms. The van der Waals surface area contributed by atoms with Gasteiger partial charge in [-0.3, -0.25) is 14.7 Å². The molecule has 4 rings (SSSR count). The molecule has 2 aromatic rings. The van der Waals surface area contributed by atoms with Crippen molar-refractivity contribution in [2.24, 2.45) is 4.99 Å². The van der Waals surface area contributed by atoms with Gasteiger partial charge in [0, 0.05) is 51.8 Å². The number of nitrogens with one attached hydrogen (secondary N) is 1. The molecule has 1 fully saturated rings. The number of rotatable bonds is 6. The molecule has 0 unspecified atom stereocenters. The molecule has 2 aliphatic rings. The van der Waals surface area contributed by atoms with Crippen LogP contribution in [0.3, 0.4) is 0 Å². The fourth-order valence-corrected chi connectivity index (χ4v) is 5.87. The average Bonchev–Trinajstić information content (AvgIpc) is 2.93. The third-order valence-corrected chi connectivity index (χ3v) is 7.87. The van der Waals surface area contributed by atoms with Crippen molar-refractivity contribution in [1.29, 1.82) is 0 Å². The molecule has 0 saturated carbocycles. The Balaban J connectivity index is 1.42. The van der Waals surface area contributed by atoms with Gasteiger partial charge in [0.2, 0.25) is 0 Å². The van der Waals surface area contributed by atoms with E-state index >= 15 is 0 Å². The number of piperidine rings is 1. The second kappa shape index (κ2) is 10.2. The molecule has 0 bridgehead atoms. The number of hydrogen-bond donors (Lipinski definition) is 1. The first-order valence-corrected chi connectivity index (χ1v) is 12.8. The Morgan fingerprint density at radius 2 is 1.88 bits per heavy atom. The van der Waals surface area contributed by atoms with Gasteiger partial charge in [0.05, 0.1) is 5.69 Å². The van der Waals surface area contributed by atoms with E-state index in [4.69, 9.17) is 4.99 Å². The predicted molar refractivity (Wildman–Crippen MR) is 135 cm³/mol. The Hall–Kier alpha value is -2.11. The smallest absolute Gasteiger partial charge is 0.251 e. The van der Waals surface area contributed by atoms with Crippen molar-refractivity contribution >= 4 is 29.1 Å². The molecule has 4 nitrogen and oxygen atoms in total. The fraction of sp³-hybridized carbons (Fsp3) is 0.481. The summed E-state index contributed by atoms with van der Waals surface area (Å²) in [7, 11) is 0. The Labute approximate surface area is 196 Å². The molecular weight excluding hydrogens is 414 g/mol. The van der Waals surface area contributed by atoms with Crippen molar-refractivity contribution in [1.82, 2.24) is 10.2 Å². The second-order valence-electron chi connectivity index (χ2n) is 9.17. The molecule has 0 aromatic heterocycles. The Bertz CT molecular complexity index is 1010. The zero-order chi connectivity index (χ0) is 22.7. The van der Waals surface area contributed by atoms with Gasteiger partial charge in [-0.05, 0) is 76.8 Å². The Kier molecular flexibility index (Phi) is 7.37. The maximum Gasteiger partial charge on any atom is 0.251 e. The lowest BCUT2D eigenvalue weighted by atomic mass is 9.97. The molecule has 1 saturated heterocycles. The number of aliphatic imine (C=N–C) groups is 1. The molecule has 0 aliphatic carbocycles. The van der Waals surface area contributed by atoms with Crippen molar-refractivity contribution in [3.63, 3.8) is 0 Å². The summed E-state index contributed by atoms with van der Waals surface area (Å²) >= 11 is 1.74. The number of nitrogens with zero attached hydrogens (tertiary/aromatic N) is 2. The van der Waals surface area contributed by atoms with Gasteiger partial charge in [-0.1, -0.05) is 36.7 Å². The van der Waals surface area contributed by atoms with E-state index < -0.39 is 0 Å². The van der Waals surface area contributed by atoms with E-state index in [0.29, 0.717) is 24.2 Å². The lowest BCUT2D eigenvalue weighted by Crippen LogP contribution is -2.44. The van der Waals surface area contributed by atoms with Gasteiger partial charge in [0.25, 0.3) is 5.91 Å². The molecular formula is C27H35N3OS. The van der Waals surface area contributed by atoms with E-state index in [1.165, 1.54) is 35.3 Å². The Morgan fingerprint density at radius 1 is 1.12 bits per heavy atom. The first kappa shape index (κ1) is 23.1. The molecule has 1 amide bonds. The highest BCUT2D eigenvalue weighted by Crippen LogP contribution is 2.41. The molecule has 170 valence electrons. The van der Waals surface area contributed by atoms with Crippen molar-refractivity contribution < 1.29 is 4.79 Å². The molecule has 2 atom stereocenters. The number of amides is 1. The van der Waals surface area contributed by atoms with E-state index in [9.17, 15) is 4.79 Å². The largest absolute Gasteiger partial charge is 0.352 e. The van der Waals surface area contributed by atoms with Crippen LogP contribution >= 0.6 is 11.8 Å². The number of hydrogen-bond acceptors (Lipinski definition) is 4. The number of aryl methyl sites for hydroxylation is 1. The zero-order valence-corrected chi connectivity index (χ0v) is 20.6. The van der Waals surface area contributed by atoms with E-state index in [-0.39, 0.29) is 5.91 Å². The fourth-order valence-electron chi connectivity index (χ4n) is 4.87. The van der Waals surface area contributed by atoms with Crippen molar-refractivity contribution in [3.8, 4) is 0 Å². The SMILES string of the molecule is CCC1=Nc2cc(C(=O)NCCCN3[C@H](C)CCC[C@H]3C)ccc2Sc2ccc(C)cc21. The molecule has 0 radical (unpaired) electrons. The van der Waals surface area contributed by atoms with Crippen LogP contribution in [0.1, 0.15) is 74.4 Å². The van der Waals surface area contributed by atoms with Gasteiger partial charge >= 0.3 is 0 Å². The summed E-state index contributed by atoms with van der Waals surface area (Å²) < 4.78 is 0.